The van der Waals surface area contributed by atoms with Crippen molar-refractivity contribution in [2.24, 2.45) is 0 Å². The number of para-hydroxylation sites is 2. The summed E-state index contributed by atoms with van der Waals surface area (Å²) in [5, 5.41) is 0.0840. The maximum Gasteiger partial charge on any atom is 0.348 e. The van der Waals surface area contributed by atoms with E-state index in [0.29, 0.717) is 24.5 Å². The highest BCUT2D eigenvalue weighted by atomic mass is 35.5. The summed E-state index contributed by atoms with van der Waals surface area (Å²) in [4.78, 5) is 26.5. The standard InChI is InChI=1S/C23H25ClN2O7S/c1-31-23(28)21-14-26(18-7-3-4-8-20(18)33-21)22(27)15-32-19-10-9-16(13-17(19)24)34(29,30)25-11-5-2-6-12-25/h3-4,7-10,13,21H,2,5-6,11-12,14-15H2,1H3/t21-/m1/s1. The molecule has 9 nitrogen and oxygen atoms in total. The molecule has 0 radical (unpaired) electrons. The molecule has 34 heavy (non-hydrogen) atoms. The lowest BCUT2D eigenvalue weighted by Gasteiger charge is -2.33. The van der Waals surface area contributed by atoms with Crippen molar-refractivity contribution in [2.75, 3.05) is 38.3 Å². The normalized spacial score (nSPS) is 18.5. The summed E-state index contributed by atoms with van der Waals surface area (Å²) in [6, 6.07) is 11.0. The van der Waals surface area contributed by atoms with E-state index in [1.54, 1.807) is 24.3 Å². The van der Waals surface area contributed by atoms with Crippen LogP contribution in [0, 0.1) is 0 Å². The number of fused-ring (bicyclic) bond motifs is 1. The largest absolute Gasteiger partial charge is 0.482 e. The van der Waals surface area contributed by atoms with Gasteiger partial charge in [-0.05, 0) is 43.2 Å². The summed E-state index contributed by atoms with van der Waals surface area (Å²) in [7, 11) is -2.39. The van der Waals surface area contributed by atoms with E-state index < -0.39 is 28.0 Å². The molecule has 1 amide bonds. The zero-order valence-electron chi connectivity index (χ0n) is 18.6. The minimum atomic E-state index is -3.64. The molecule has 0 aliphatic carbocycles. The lowest BCUT2D eigenvalue weighted by Crippen LogP contribution is -2.48. The van der Waals surface area contributed by atoms with Crippen molar-refractivity contribution in [3.63, 3.8) is 0 Å². The molecule has 2 aromatic carbocycles. The number of piperidine rings is 1. The number of ether oxygens (including phenoxy) is 3. The predicted molar refractivity (Wildman–Crippen MR) is 125 cm³/mol. The highest BCUT2D eigenvalue weighted by Crippen LogP contribution is 2.34. The topological polar surface area (TPSA) is 102 Å². The number of carbonyl (C=O) groups is 2. The summed E-state index contributed by atoms with van der Waals surface area (Å²) in [5.74, 6) is -0.464. The fraction of sp³-hybridized carbons (Fsp3) is 0.391. The number of hydrogen-bond acceptors (Lipinski definition) is 7. The molecule has 2 aromatic rings. The van der Waals surface area contributed by atoms with Crippen LogP contribution in [-0.4, -0.2) is 64.1 Å². The van der Waals surface area contributed by atoms with Crippen LogP contribution in [0.4, 0.5) is 5.69 Å². The van der Waals surface area contributed by atoms with Gasteiger partial charge in [-0.1, -0.05) is 30.2 Å². The molecule has 2 aliphatic rings. The number of carbonyl (C=O) groups excluding carboxylic acids is 2. The Balaban J connectivity index is 1.47. The first kappa shape index (κ1) is 24.3. The second-order valence-electron chi connectivity index (χ2n) is 7.95. The van der Waals surface area contributed by atoms with Gasteiger partial charge in [0.05, 0.1) is 29.3 Å². The molecule has 0 N–H and O–H groups in total. The maximum absolute atomic E-state index is 13.0. The summed E-state index contributed by atoms with van der Waals surface area (Å²) in [5.41, 5.74) is 0.505. The molecule has 2 heterocycles. The third-order valence-corrected chi connectivity index (χ3v) is 7.94. The number of benzene rings is 2. The van der Waals surface area contributed by atoms with Crippen molar-refractivity contribution in [1.82, 2.24) is 4.31 Å². The molecule has 0 spiro atoms. The minimum Gasteiger partial charge on any atom is -0.482 e. The Morgan fingerprint density at radius 1 is 1.12 bits per heavy atom. The van der Waals surface area contributed by atoms with E-state index in [0.717, 1.165) is 19.3 Å². The number of halogens is 1. The van der Waals surface area contributed by atoms with Gasteiger partial charge in [0.15, 0.2) is 6.61 Å². The van der Waals surface area contributed by atoms with E-state index in [4.69, 9.17) is 25.8 Å². The first-order valence-electron chi connectivity index (χ1n) is 10.9. The van der Waals surface area contributed by atoms with Gasteiger partial charge >= 0.3 is 5.97 Å². The average molecular weight is 509 g/mol. The van der Waals surface area contributed by atoms with Gasteiger partial charge in [-0.25, -0.2) is 13.2 Å². The molecule has 1 atom stereocenters. The number of amides is 1. The van der Waals surface area contributed by atoms with E-state index >= 15 is 0 Å². The molecule has 182 valence electrons. The van der Waals surface area contributed by atoms with Crippen LogP contribution in [0.2, 0.25) is 5.02 Å². The Labute approximate surface area is 203 Å². The molecule has 0 saturated carbocycles. The molecule has 1 fully saturated rings. The van der Waals surface area contributed by atoms with Crippen molar-refractivity contribution in [1.29, 1.82) is 0 Å². The van der Waals surface area contributed by atoms with Gasteiger partial charge in [0.2, 0.25) is 16.1 Å². The molecule has 11 heteroatoms. The lowest BCUT2D eigenvalue weighted by molar-refractivity contribution is -0.148. The van der Waals surface area contributed by atoms with Crippen LogP contribution in [0.1, 0.15) is 19.3 Å². The van der Waals surface area contributed by atoms with Gasteiger partial charge in [-0.2, -0.15) is 4.31 Å². The van der Waals surface area contributed by atoms with E-state index in [9.17, 15) is 18.0 Å². The first-order chi connectivity index (χ1) is 16.3. The van der Waals surface area contributed by atoms with Crippen molar-refractivity contribution < 1.29 is 32.2 Å². The van der Waals surface area contributed by atoms with E-state index in [1.807, 2.05) is 0 Å². The van der Waals surface area contributed by atoms with Crippen LogP contribution in [-0.2, 0) is 24.3 Å². The monoisotopic (exact) mass is 508 g/mol. The van der Waals surface area contributed by atoms with Gasteiger partial charge < -0.3 is 19.1 Å². The third kappa shape index (κ3) is 4.98. The number of rotatable bonds is 6. The highest BCUT2D eigenvalue weighted by molar-refractivity contribution is 7.89. The Hall–Kier alpha value is -2.82. The zero-order chi connectivity index (χ0) is 24.3. The van der Waals surface area contributed by atoms with Crippen LogP contribution < -0.4 is 14.4 Å². The molecule has 0 aromatic heterocycles. The summed E-state index contributed by atoms with van der Waals surface area (Å²) >= 11 is 6.29. The molecular formula is C23H25ClN2O7S. The van der Waals surface area contributed by atoms with Crippen molar-refractivity contribution >= 4 is 39.2 Å². The van der Waals surface area contributed by atoms with Crippen molar-refractivity contribution in [3.8, 4) is 11.5 Å². The second kappa shape index (κ2) is 10.2. The molecule has 1 saturated heterocycles. The number of nitrogens with zero attached hydrogens (tertiary/aromatic N) is 2. The highest BCUT2D eigenvalue weighted by Gasteiger charge is 2.34. The van der Waals surface area contributed by atoms with Gasteiger partial charge in [-0.3, -0.25) is 4.79 Å². The predicted octanol–water partition coefficient (Wildman–Crippen LogP) is 2.86. The fourth-order valence-corrected chi connectivity index (χ4v) is 5.80. The fourth-order valence-electron chi connectivity index (χ4n) is 3.96. The van der Waals surface area contributed by atoms with Crippen LogP contribution in [0.25, 0.3) is 0 Å². The number of hydrogen-bond donors (Lipinski definition) is 0. The van der Waals surface area contributed by atoms with Gasteiger partial charge in [0.25, 0.3) is 5.91 Å². The summed E-state index contributed by atoms with van der Waals surface area (Å²) in [6.07, 6.45) is 1.71. The third-order valence-electron chi connectivity index (χ3n) is 5.75. The van der Waals surface area contributed by atoms with E-state index in [-0.39, 0.29) is 28.8 Å². The van der Waals surface area contributed by atoms with Gasteiger partial charge in [0, 0.05) is 13.1 Å². The quantitative estimate of drug-likeness (QED) is 0.553. The molecule has 0 unspecified atom stereocenters. The molecule has 0 bridgehead atoms. The number of sulfonamides is 1. The molecule has 4 rings (SSSR count). The Morgan fingerprint density at radius 2 is 1.85 bits per heavy atom. The van der Waals surface area contributed by atoms with Crippen LogP contribution in [0.15, 0.2) is 47.4 Å². The summed E-state index contributed by atoms with van der Waals surface area (Å²) in [6.45, 7) is 0.563. The van der Waals surface area contributed by atoms with E-state index in [2.05, 4.69) is 0 Å². The Morgan fingerprint density at radius 3 is 2.56 bits per heavy atom. The van der Waals surface area contributed by atoms with Crippen molar-refractivity contribution in [2.45, 2.75) is 30.3 Å². The molecule has 2 aliphatic heterocycles. The van der Waals surface area contributed by atoms with Crippen molar-refractivity contribution in [3.05, 3.63) is 47.5 Å². The number of esters is 1. The average Bonchev–Trinajstić information content (AvgIpc) is 2.87. The zero-order valence-corrected chi connectivity index (χ0v) is 20.2. The van der Waals surface area contributed by atoms with E-state index in [1.165, 1.54) is 34.5 Å². The minimum absolute atomic E-state index is 0.0351. The Bertz CT molecular complexity index is 1180. The van der Waals surface area contributed by atoms with Gasteiger partial charge in [-0.15, -0.1) is 0 Å². The van der Waals surface area contributed by atoms with Crippen LogP contribution in [0.3, 0.4) is 0 Å². The second-order valence-corrected chi connectivity index (χ2v) is 10.3. The Kier molecular flexibility index (Phi) is 7.30. The summed E-state index contributed by atoms with van der Waals surface area (Å²) < 4.78 is 43.2. The lowest BCUT2D eigenvalue weighted by atomic mass is 10.2. The van der Waals surface area contributed by atoms with Crippen LogP contribution in [0.5, 0.6) is 11.5 Å². The van der Waals surface area contributed by atoms with Gasteiger partial charge in [0.1, 0.15) is 11.5 Å². The SMILES string of the molecule is COC(=O)[C@H]1CN(C(=O)COc2ccc(S(=O)(=O)N3CCCCC3)cc2Cl)c2ccccc2O1. The maximum atomic E-state index is 13.0. The molecular weight excluding hydrogens is 484 g/mol. The van der Waals surface area contributed by atoms with Crippen LogP contribution >= 0.6 is 11.6 Å². The number of methoxy groups -OCH3 is 1. The smallest absolute Gasteiger partial charge is 0.348 e. The number of anilines is 1. The first-order valence-corrected chi connectivity index (χ1v) is 12.7.